The van der Waals surface area contributed by atoms with E-state index in [1.165, 1.54) is 19.2 Å². The van der Waals surface area contributed by atoms with Crippen LogP contribution in [0.2, 0.25) is 0 Å². The first-order valence-electron chi connectivity index (χ1n) is 8.86. The van der Waals surface area contributed by atoms with E-state index in [4.69, 9.17) is 10.5 Å². The summed E-state index contributed by atoms with van der Waals surface area (Å²) in [5.74, 6) is -0.889. The lowest BCUT2D eigenvalue weighted by atomic mass is 9.99. The van der Waals surface area contributed by atoms with E-state index in [2.05, 4.69) is 10.3 Å². The predicted octanol–water partition coefficient (Wildman–Crippen LogP) is 2.45. The Morgan fingerprint density at radius 3 is 2.85 bits per heavy atom. The van der Waals surface area contributed by atoms with Gasteiger partial charge in [-0.25, -0.2) is 9.18 Å². The Kier molecular flexibility index (Phi) is 7.21. The molecule has 148 valence electrons. The van der Waals surface area contributed by atoms with Crippen LogP contribution < -0.4 is 11.1 Å². The highest BCUT2D eigenvalue weighted by molar-refractivity contribution is 5.87. The van der Waals surface area contributed by atoms with Crippen LogP contribution in [0.1, 0.15) is 31.2 Å². The van der Waals surface area contributed by atoms with Crippen LogP contribution in [0.4, 0.5) is 4.39 Å². The van der Waals surface area contributed by atoms with Crippen molar-refractivity contribution in [2.24, 2.45) is 11.7 Å². The number of hydrogen-bond acceptors (Lipinski definition) is 4. The molecule has 1 heterocycles. The van der Waals surface area contributed by atoms with Crippen LogP contribution in [0.5, 0.6) is 0 Å². The van der Waals surface area contributed by atoms with Crippen LogP contribution in [0.3, 0.4) is 0 Å². The molecule has 8 heteroatoms. The molecule has 0 aliphatic heterocycles. The van der Waals surface area contributed by atoms with Gasteiger partial charge in [-0.1, -0.05) is 6.42 Å². The summed E-state index contributed by atoms with van der Waals surface area (Å²) in [7, 11) is 1.29. The lowest BCUT2D eigenvalue weighted by Gasteiger charge is -2.19. The molecule has 1 aromatic carbocycles. The van der Waals surface area contributed by atoms with Crippen molar-refractivity contribution in [3.8, 4) is 0 Å². The predicted molar refractivity (Wildman–Crippen MR) is 103 cm³/mol. The first-order valence-corrected chi connectivity index (χ1v) is 8.86. The average Bonchev–Trinajstić information content (AvgIpc) is 3.19. The quantitative estimate of drug-likeness (QED) is 0.652. The van der Waals surface area contributed by atoms with E-state index in [0.717, 1.165) is 30.2 Å². The number of benzene rings is 1. The highest BCUT2D eigenvalue weighted by atomic mass is 35.5. The summed E-state index contributed by atoms with van der Waals surface area (Å²) in [4.78, 5) is 27.5. The van der Waals surface area contributed by atoms with Gasteiger partial charge in [0, 0.05) is 36.0 Å². The number of H-pyrrole nitrogens is 1. The van der Waals surface area contributed by atoms with E-state index in [-0.39, 0.29) is 42.5 Å². The fourth-order valence-corrected chi connectivity index (χ4v) is 3.69. The van der Waals surface area contributed by atoms with Crippen molar-refractivity contribution in [3.63, 3.8) is 0 Å². The van der Waals surface area contributed by atoms with Gasteiger partial charge in [0.15, 0.2) is 0 Å². The van der Waals surface area contributed by atoms with Crippen LogP contribution >= 0.6 is 12.4 Å². The zero-order valence-corrected chi connectivity index (χ0v) is 16.0. The van der Waals surface area contributed by atoms with E-state index in [0.29, 0.717) is 11.9 Å². The Morgan fingerprint density at radius 1 is 1.41 bits per heavy atom. The number of carbonyl (C=O) groups excluding carboxylic acids is 2. The summed E-state index contributed by atoms with van der Waals surface area (Å²) in [6.45, 7) is 0. The zero-order valence-electron chi connectivity index (χ0n) is 15.2. The fraction of sp³-hybridized carbons (Fsp3) is 0.474. The molecule has 1 aromatic heterocycles. The molecule has 1 saturated carbocycles. The first-order chi connectivity index (χ1) is 12.5. The number of hydrogen-bond donors (Lipinski definition) is 3. The van der Waals surface area contributed by atoms with Gasteiger partial charge in [0.2, 0.25) is 5.91 Å². The van der Waals surface area contributed by atoms with E-state index in [1.54, 1.807) is 12.3 Å². The fourth-order valence-electron chi connectivity index (χ4n) is 3.69. The molecule has 1 aliphatic carbocycles. The molecule has 0 radical (unpaired) electrons. The number of nitrogens with two attached hydrogens (primary N) is 1. The van der Waals surface area contributed by atoms with Gasteiger partial charge in [0.25, 0.3) is 0 Å². The van der Waals surface area contributed by atoms with Gasteiger partial charge < -0.3 is 20.8 Å². The van der Waals surface area contributed by atoms with E-state index in [9.17, 15) is 14.0 Å². The average molecular weight is 398 g/mol. The number of rotatable bonds is 6. The third-order valence-electron chi connectivity index (χ3n) is 5.14. The highest BCUT2D eigenvalue weighted by Gasteiger charge is 2.29. The molecule has 1 unspecified atom stereocenters. The Morgan fingerprint density at radius 2 is 2.19 bits per heavy atom. The molecule has 4 N–H and O–H groups in total. The number of carbonyl (C=O) groups is 2. The molecular formula is C19H25ClFN3O3. The van der Waals surface area contributed by atoms with Gasteiger partial charge in [-0.2, -0.15) is 0 Å². The molecule has 2 aromatic rings. The van der Waals surface area contributed by atoms with Gasteiger partial charge in [-0.3, -0.25) is 4.79 Å². The number of aromatic nitrogens is 1. The van der Waals surface area contributed by atoms with Crippen molar-refractivity contribution in [3.05, 3.63) is 35.8 Å². The second-order valence-corrected chi connectivity index (χ2v) is 6.91. The Hall–Kier alpha value is -2.12. The molecule has 1 fully saturated rings. The maximum Gasteiger partial charge on any atom is 0.328 e. The summed E-state index contributed by atoms with van der Waals surface area (Å²) in [5.41, 5.74) is 7.48. The molecular weight excluding hydrogens is 373 g/mol. The molecule has 27 heavy (non-hydrogen) atoms. The van der Waals surface area contributed by atoms with Crippen LogP contribution in [0.15, 0.2) is 24.4 Å². The number of esters is 1. The largest absolute Gasteiger partial charge is 0.467 e. The van der Waals surface area contributed by atoms with Gasteiger partial charge in [-0.15, -0.1) is 12.4 Å². The van der Waals surface area contributed by atoms with Crippen molar-refractivity contribution in [2.45, 2.75) is 44.2 Å². The summed E-state index contributed by atoms with van der Waals surface area (Å²) in [5, 5.41) is 3.58. The number of methoxy groups -OCH3 is 1. The third kappa shape index (κ3) is 4.99. The molecule has 0 spiro atoms. The van der Waals surface area contributed by atoms with E-state index >= 15 is 0 Å². The van der Waals surface area contributed by atoms with E-state index in [1.807, 2.05) is 0 Å². The van der Waals surface area contributed by atoms with Gasteiger partial charge in [0.05, 0.1) is 7.11 Å². The second kappa shape index (κ2) is 9.19. The van der Waals surface area contributed by atoms with Gasteiger partial charge in [-0.05, 0) is 42.5 Å². The molecule has 3 rings (SSSR count). The number of halogens is 2. The number of amides is 1. The topological polar surface area (TPSA) is 97.2 Å². The van der Waals surface area contributed by atoms with Crippen LogP contribution in [0, 0.1) is 11.7 Å². The molecule has 1 amide bonds. The summed E-state index contributed by atoms with van der Waals surface area (Å²) in [6, 6.07) is 3.67. The number of aromatic amines is 1. The first kappa shape index (κ1) is 21.2. The minimum Gasteiger partial charge on any atom is -0.467 e. The number of ether oxygens (including phenoxy) is 1. The van der Waals surface area contributed by atoms with Crippen molar-refractivity contribution >= 4 is 35.2 Å². The smallest absolute Gasteiger partial charge is 0.328 e. The minimum atomic E-state index is -0.797. The lowest BCUT2D eigenvalue weighted by Crippen LogP contribution is -2.44. The molecule has 3 atom stereocenters. The van der Waals surface area contributed by atoms with Crippen molar-refractivity contribution < 1.29 is 18.7 Å². The second-order valence-electron chi connectivity index (χ2n) is 6.91. The van der Waals surface area contributed by atoms with Crippen molar-refractivity contribution in [2.75, 3.05) is 7.11 Å². The van der Waals surface area contributed by atoms with Crippen molar-refractivity contribution in [1.82, 2.24) is 10.3 Å². The summed E-state index contributed by atoms with van der Waals surface area (Å²) in [6.07, 6.45) is 5.20. The summed E-state index contributed by atoms with van der Waals surface area (Å²) >= 11 is 0. The third-order valence-corrected chi connectivity index (χ3v) is 5.14. The van der Waals surface area contributed by atoms with Crippen LogP contribution in [-0.2, 0) is 20.7 Å². The Bertz CT molecular complexity index is 811. The Balaban J connectivity index is 0.00000261. The van der Waals surface area contributed by atoms with E-state index < -0.39 is 12.0 Å². The SMILES string of the molecule is COC(=O)C(Cc1c[nH]c2cc(F)ccc12)NC(=O)C[C@@H]1CCC[C@H]1N.Cl. The number of nitrogens with one attached hydrogen (secondary N) is 2. The van der Waals surface area contributed by atoms with Gasteiger partial charge in [0.1, 0.15) is 11.9 Å². The molecule has 6 nitrogen and oxygen atoms in total. The standard InChI is InChI=1S/C19H24FN3O3.ClH/c1-26-19(25)17(23-18(24)8-11-3-2-4-15(11)21)7-12-10-22-16-9-13(20)5-6-14(12)16;/h5-6,9-11,15,17,22H,2-4,7-8,21H2,1H3,(H,23,24);1H/t11-,15+,17?;/m0./s1. The van der Waals surface area contributed by atoms with Crippen molar-refractivity contribution in [1.29, 1.82) is 0 Å². The normalized spacial score (nSPS) is 20.1. The highest BCUT2D eigenvalue weighted by Crippen LogP contribution is 2.27. The maximum absolute atomic E-state index is 13.3. The van der Waals surface area contributed by atoms with Crippen LogP contribution in [-0.4, -0.2) is 36.1 Å². The minimum absolute atomic E-state index is 0. The van der Waals surface area contributed by atoms with Crippen LogP contribution in [0.25, 0.3) is 10.9 Å². The monoisotopic (exact) mass is 397 g/mol. The molecule has 0 saturated heterocycles. The maximum atomic E-state index is 13.3. The Labute approximate surface area is 163 Å². The number of fused-ring (bicyclic) bond motifs is 1. The van der Waals surface area contributed by atoms with Gasteiger partial charge >= 0.3 is 5.97 Å². The molecule has 1 aliphatic rings. The zero-order chi connectivity index (χ0) is 18.7. The molecule has 0 bridgehead atoms. The summed E-state index contributed by atoms with van der Waals surface area (Å²) < 4.78 is 18.2. The lowest BCUT2D eigenvalue weighted by molar-refractivity contribution is -0.145.